The summed E-state index contributed by atoms with van der Waals surface area (Å²) in [6, 6.07) is 0. The zero-order valence-electron chi connectivity index (χ0n) is 9.38. The van der Waals surface area contributed by atoms with Crippen molar-refractivity contribution >= 4 is 5.97 Å². The zero-order valence-corrected chi connectivity index (χ0v) is 9.38. The van der Waals surface area contributed by atoms with E-state index in [1.165, 1.54) is 7.11 Å². The minimum atomic E-state index is -0.440. The first-order valence-corrected chi connectivity index (χ1v) is 4.87. The molecule has 17 heavy (non-hydrogen) atoms. The molecule has 0 saturated heterocycles. The van der Waals surface area contributed by atoms with Crippen LogP contribution in [0, 0.1) is 6.92 Å². The van der Waals surface area contributed by atoms with Crippen LogP contribution in [0.2, 0.25) is 0 Å². The number of aromatic nitrogens is 4. The molecule has 7 heteroatoms. The van der Waals surface area contributed by atoms with Crippen molar-refractivity contribution < 1.29 is 14.1 Å². The van der Waals surface area contributed by atoms with Crippen LogP contribution in [0.15, 0.2) is 16.9 Å². The van der Waals surface area contributed by atoms with Gasteiger partial charge in [0.15, 0.2) is 0 Å². The Kier molecular flexibility index (Phi) is 3.08. The van der Waals surface area contributed by atoms with Crippen LogP contribution in [0.1, 0.15) is 11.5 Å². The van der Waals surface area contributed by atoms with Crippen molar-refractivity contribution in [3.05, 3.63) is 23.8 Å². The summed E-state index contributed by atoms with van der Waals surface area (Å²) in [5.74, 6) is 0.348. The van der Waals surface area contributed by atoms with Gasteiger partial charge in [-0.25, -0.2) is 9.97 Å². The second kappa shape index (κ2) is 4.69. The van der Waals surface area contributed by atoms with E-state index in [-0.39, 0.29) is 18.1 Å². The lowest BCUT2D eigenvalue weighted by atomic mass is 10.4. The maximum absolute atomic E-state index is 11.0. The monoisotopic (exact) mass is 234 g/mol. The Labute approximate surface area is 96.8 Å². The fourth-order valence-corrected chi connectivity index (χ4v) is 1.12. The molecule has 0 amide bonds. The van der Waals surface area contributed by atoms with Gasteiger partial charge in [0.25, 0.3) is 0 Å². The van der Waals surface area contributed by atoms with Crippen molar-refractivity contribution in [3.8, 4) is 11.6 Å². The van der Waals surface area contributed by atoms with Crippen molar-refractivity contribution in [2.45, 2.75) is 13.3 Å². The number of hydrogen-bond acceptors (Lipinski definition) is 7. The summed E-state index contributed by atoms with van der Waals surface area (Å²) >= 11 is 0. The van der Waals surface area contributed by atoms with Crippen LogP contribution in [0.4, 0.5) is 0 Å². The number of rotatable bonds is 3. The van der Waals surface area contributed by atoms with E-state index < -0.39 is 5.97 Å². The Bertz CT molecular complexity index is 521. The fourth-order valence-electron chi connectivity index (χ4n) is 1.12. The topological polar surface area (TPSA) is 91.0 Å². The summed E-state index contributed by atoms with van der Waals surface area (Å²) in [5.41, 5.74) is 0.937. The van der Waals surface area contributed by atoms with E-state index in [1.54, 1.807) is 12.4 Å². The molecule has 0 radical (unpaired) electrons. The maximum atomic E-state index is 11.0. The summed E-state index contributed by atoms with van der Waals surface area (Å²) in [6.07, 6.45) is 3.24. The lowest BCUT2D eigenvalue weighted by molar-refractivity contribution is -0.140. The molecule has 0 saturated carbocycles. The van der Waals surface area contributed by atoms with Gasteiger partial charge in [-0.1, -0.05) is 5.16 Å². The third-order valence-electron chi connectivity index (χ3n) is 1.97. The molecule has 0 atom stereocenters. The van der Waals surface area contributed by atoms with Crippen LogP contribution in [-0.2, 0) is 16.0 Å². The first-order valence-electron chi connectivity index (χ1n) is 4.87. The lowest BCUT2D eigenvalue weighted by Gasteiger charge is -1.93. The van der Waals surface area contributed by atoms with Crippen LogP contribution in [0.25, 0.3) is 11.6 Å². The summed E-state index contributed by atoms with van der Waals surface area (Å²) in [7, 11) is 1.29. The summed E-state index contributed by atoms with van der Waals surface area (Å²) in [5, 5.41) is 3.68. The highest BCUT2D eigenvalue weighted by Crippen LogP contribution is 2.10. The molecule has 2 aromatic rings. The van der Waals surface area contributed by atoms with Gasteiger partial charge in [-0.3, -0.25) is 4.79 Å². The van der Waals surface area contributed by atoms with Crippen molar-refractivity contribution in [1.29, 1.82) is 0 Å². The molecule has 2 heterocycles. The maximum Gasteiger partial charge on any atom is 0.315 e. The molecular weight excluding hydrogens is 224 g/mol. The largest absolute Gasteiger partial charge is 0.469 e. The van der Waals surface area contributed by atoms with E-state index in [0.29, 0.717) is 5.82 Å². The molecule has 88 valence electrons. The molecule has 2 aromatic heterocycles. The van der Waals surface area contributed by atoms with Gasteiger partial charge in [-0.05, 0) is 12.5 Å². The quantitative estimate of drug-likeness (QED) is 0.716. The average molecular weight is 234 g/mol. The van der Waals surface area contributed by atoms with Gasteiger partial charge in [0.05, 0.1) is 7.11 Å². The highest BCUT2D eigenvalue weighted by molar-refractivity contribution is 5.71. The second-order valence-electron chi connectivity index (χ2n) is 3.35. The van der Waals surface area contributed by atoms with Crippen LogP contribution >= 0.6 is 0 Å². The van der Waals surface area contributed by atoms with Crippen LogP contribution in [0.5, 0.6) is 0 Å². The van der Waals surface area contributed by atoms with Crippen LogP contribution < -0.4 is 0 Å². The normalized spacial score (nSPS) is 10.2. The molecule has 2 rings (SSSR count). The number of carbonyl (C=O) groups excluding carboxylic acids is 1. The van der Waals surface area contributed by atoms with Crippen molar-refractivity contribution in [2.24, 2.45) is 0 Å². The molecular formula is C10H10N4O3. The molecule has 0 aliphatic carbocycles. The third kappa shape index (κ3) is 2.63. The van der Waals surface area contributed by atoms with Gasteiger partial charge in [-0.15, -0.1) is 0 Å². The highest BCUT2D eigenvalue weighted by atomic mass is 16.5. The minimum absolute atomic E-state index is 0.0602. The Balaban J connectivity index is 2.18. The standard InChI is InChI=1S/C10H10N4O3/c1-6-4-11-9(12-5-6)10-13-7(17-14-10)3-8(15)16-2/h4-5H,3H2,1-2H3. The van der Waals surface area contributed by atoms with Gasteiger partial charge < -0.3 is 9.26 Å². The minimum Gasteiger partial charge on any atom is -0.469 e. The first kappa shape index (κ1) is 11.2. The SMILES string of the molecule is COC(=O)Cc1nc(-c2ncc(C)cn2)no1. The van der Waals surface area contributed by atoms with Crippen molar-refractivity contribution in [3.63, 3.8) is 0 Å². The molecule has 0 fully saturated rings. The molecule has 0 bridgehead atoms. The molecule has 0 aliphatic rings. The predicted molar refractivity (Wildman–Crippen MR) is 55.8 cm³/mol. The van der Waals surface area contributed by atoms with E-state index >= 15 is 0 Å². The Morgan fingerprint density at radius 3 is 2.71 bits per heavy atom. The van der Waals surface area contributed by atoms with E-state index in [1.807, 2.05) is 6.92 Å². The molecule has 0 spiro atoms. The second-order valence-corrected chi connectivity index (χ2v) is 3.35. The molecule has 0 aromatic carbocycles. The van der Waals surface area contributed by atoms with Crippen LogP contribution in [-0.4, -0.2) is 33.2 Å². The summed E-state index contributed by atoms with van der Waals surface area (Å²) in [4.78, 5) is 23.1. The Hall–Kier alpha value is -2.31. The smallest absolute Gasteiger partial charge is 0.315 e. The van der Waals surface area contributed by atoms with Gasteiger partial charge in [-0.2, -0.15) is 4.98 Å². The summed E-state index contributed by atoms with van der Waals surface area (Å²) < 4.78 is 9.37. The van der Waals surface area contributed by atoms with Gasteiger partial charge in [0.2, 0.25) is 17.5 Å². The average Bonchev–Trinajstić information content (AvgIpc) is 2.78. The number of methoxy groups -OCH3 is 1. The molecule has 0 aliphatic heterocycles. The molecule has 0 N–H and O–H groups in total. The zero-order chi connectivity index (χ0) is 12.3. The number of nitrogens with zero attached hydrogens (tertiary/aromatic N) is 4. The van der Waals surface area contributed by atoms with Gasteiger partial charge >= 0.3 is 5.97 Å². The number of esters is 1. The van der Waals surface area contributed by atoms with Crippen LogP contribution in [0.3, 0.4) is 0 Å². The Morgan fingerprint density at radius 2 is 2.06 bits per heavy atom. The third-order valence-corrected chi connectivity index (χ3v) is 1.97. The van der Waals surface area contributed by atoms with Crippen molar-refractivity contribution in [2.75, 3.05) is 7.11 Å². The lowest BCUT2D eigenvalue weighted by Crippen LogP contribution is -2.04. The fraction of sp³-hybridized carbons (Fsp3) is 0.300. The first-order chi connectivity index (χ1) is 8.19. The number of carbonyl (C=O) groups is 1. The number of aryl methyl sites for hydroxylation is 1. The van der Waals surface area contributed by atoms with Gasteiger partial charge in [0, 0.05) is 12.4 Å². The van der Waals surface area contributed by atoms with Gasteiger partial charge in [0.1, 0.15) is 6.42 Å². The van der Waals surface area contributed by atoms with E-state index in [9.17, 15) is 4.79 Å². The molecule has 0 unspecified atom stereocenters. The van der Waals surface area contributed by atoms with E-state index in [0.717, 1.165) is 5.56 Å². The van der Waals surface area contributed by atoms with E-state index in [4.69, 9.17) is 4.52 Å². The number of ether oxygens (including phenoxy) is 1. The highest BCUT2D eigenvalue weighted by Gasteiger charge is 2.14. The summed E-state index contributed by atoms with van der Waals surface area (Å²) in [6.45, 7) is 1.88. The van der Waals surface area contributed by atoms with Crippen molar-refractivity contribution in [1.82, 2.24) is 20.1 Å². The Morgan fingerprint density at radius 1 is 1.35 bits per heavy atom. The predicted octanol–water partition coefficient (Wildman–Crippen LogP) is 0.551. The van der Waals surface area contributed by atoms with E-state index in [2.05, 4.69) is 24.8 Å². The number of hydrogen-bond donors (Lipinski definition) is 0. The molecule has 7 nitrogen and oxygen atoms in total.